The molecule has 1 saturated carbocycles. The van der Waals surface area contributed by atoms with E-state index in [0.29, 0.717) is 24.6 Å². The second-order valence-electron chi connectivity index (χ2n) is 9.27. The van der Waals surface area contributed by atoms with Crippen molar-refractivity contribution in [2.75, 3.05) is 11.9 Å². The largest absolute Gasteiger partial charge is 0.478 e. The lowest BCUT2D eigenvalue weighted by molar-refractivity contribution is -0.140. The minimum Gasteiger partial charge on any atom is -0.478 e. The van der Waals surface area contributed by atoms with Gasteiger partial charge in [-0.2, -0.15) is 0 Å². The Hall–Kier alpha value is -2.83. The summed E-state index contributed by atoms with van der Waals surface area (Å²) in [6.45, 7) is 10.2. The van der Waals surface area contributed by atoms with Gasteiger partial charge in [0.15, 0.2) is 0 Å². The molecule has 0 unspecified atom stereocenters. The molecule has 2 amide bonds. The standard InChI is InChI=1S/C23H31N3O4/c1-5-14-13-17(14)25-20(27)18-7-6-12-26(18)21(28)19(23(2,3)4)24-16-10-8-15(9-11-16)22(29)30/h5,8-11,14,17-19,24H,1,6-7,12-13H2,2-4H3,(H,25,27)(H,29,30)/t14-,17-,18+,19+/m1/s1. The van der Waals surface area contributed by atoms with E-state index >= 15 is 0 Å². The van der Waals surface area contributed by atoms with Gasteiger partial charge in [0.25, 0.3) is 0 Å². The molecule has 1 heterocycles. The van der Waals surface area contributed by atoms with Gasteiger partial charge in [0.05, 0.1) is 5.56 Å². The Labute approximate surface area is 177 Å². The van der Waals surface area contributed by atoms with Gasteiger partial charge in [0, 0.05) is 18.3 Å². The highest BCUT2D eigenvalue weighted by molar-refractivity contribution is 5.92. The maximum absolute atomic E-state index is 13.5. The van der Waals surface area contributed by atoms with Crippen LogP contribution < -0.4 is 10.6 Å². The van der Waals surface area contributed by atoms with Crippen LogP contribution in [0.4, 0.5) is 5.69 Å². The van der Waals surface area contributed by atoms with Crippen LogP contribution >= 0.6 is 0 Å². The summed E-state index contributed by atoms with van der Waals surface area (Å²) in [5.41, 5.74) is 0.449. The average Bonchev–Trinajstić information content (AvgIpc) is 3.24. The SMILES string of the molecule is C=C[C@@H]1C[C@H]1NC(=O)[C@@H]1CCCN1C(=O)[C@H](Nc1ccc(C(=O)O)cc1)C(C)(C)C. The minimum atomic E-state index is -0.995. The van der Waals surface area contributed by atoms with Crippen LogP contribution in [0.1, 0.15) is 50.4 Å². The number of nitrogens with zero attached hydrogens (tertiary/aromatic N) is 1. The molecule has 1 aromatic rings. The molecule has 162 valence electrons. The van der Waals surface area contributed by atoms with Crippen molar-refractivity contribution in [3.05, 3.63) is 42.5 Å². The fourth-order valence-electron chi connectivity index (χ4n) is 3.91. The summed E-state index contributed by atoms with van der Waals surface area (Å²) in [4.78, 5) is 39.0. The number of hydrogen-bond donors (Lipinski definition) is 3. The summed E-state index contributed by atoms with van der Waals surface area (Å²) in [5, 5.41) is 15.4. The van der Waals surface area contributed by atoms with Crippen molar-refractivity contribution in [2.45, 2.75) is 58.2 Å². The van der Waals surface area contributed by atoms with E-state index in [1.54, 1.807) is 17.0 Å². The molecule has 4 atom stereocenters. The molecule has 0 aromatic heterocycles. The Morgan fingerprint density at radius 3 is 2.43 bits per heavy atom. The molecule has 1 aliphatic heterocycles. The van der Waals surface area contributed by atoms with Crippen molar-refractivity contribution in [3.8, 4) is 0 Å². The van der Waals surface area contributed by atoms with Crippen LogP contribution in [0.2, 0.25) is 0 Å². The maximum Gasteiger partial charge on any atom is 0.335 e. The number of carbonyl (C=O) groups excluding carboxylic acids is 2. The number of carbonyl (C=O) groups is 3. The van der Waals surface area contributed by atoms with Crippen LogP contribution in [-0.4, -0.2) is 52.5 Å². The van der Waals surface area contributed by atoms with E-state index in [2.05, 4.69) is 17.2 Å². The second kappa shape index (κ2) is 8.50. The molecular formula is C23H31N3O4. The highest BCUT2D eigenvalue weighted by atomic mass is 16.4. The van der Waals surface area contributed by atoms with E-state index in [-0.39, 0.29) is 23.4 Å². The number of hydrogen-bond acceptors (Lipinski definition) is 4. The number of likely N-dealkylation sites (tertiary alicyclic amines) is 1. The Kier molecular flexibility index (Phi) is 6.19. The number of anilines is 1. The molecule has 0 bridgehead atoms. The zero-order valence-corrected chi connectivity index (χ0v) is 17.9. The van der Waals surface area contributed by atoms with Gasteiger partial charge in [-0.1, -0.05) is 26.8 Å². The molecule has 7 heteroatoms. The van der Waals surface area contributed by atoms with E-state index in [9.17, 15) is 14.4 Å². The molecular weight excluding hydrogens is 382 g/mol. The van der Waals surface area contributed by atoms with Crippen LogP contribution in [0.15, 0.2) is 36.9 Å². The highest BCUT2D eigenvalue weighted by Crippen LogP contribution is 2.32. The van der Waals surface area contributed by atoms with Gasteiger partial charge in [-0.15, -0.1) is 6.58 Å². The molecule has 7 nitrogen and oxygen atoms in total. The third-order valence-corrected chi connectivity index (χ3v) is 5.86. The second-order valence-corrected chi connectivity index (χ2v) is 9.27. The average molecular weight is 414 g/mol. The number of aromatic carboxylic acids is 1. The molecule has 2 fully saturated rings. The highest BCUT2D eigenvalue weighted by Gasteiger charge is 2.43. The first-order chi connectivity index (χ1) is 14.1. The lowest BCUT2D eigenvalue weighted by Crippen LogP contribution is -2.54. The summed E-state index contributed by atoms with van der Waals surface area (Å²) < 4.78 is 0. The Morgan fingerprint density at radius 2 is 1.90 bits per heavy atom. The van der Waals surface area contributed by atoms with Gasteiger partial charge in [0.1, 0.15) is 12.1 Å². The van der Waals surface area contributed by atoms with Crippen molar-refractivity contribution in [2.24, 2.45) is 11.3 Å². The third kappa shape index (κ3) is 4.83. The molecule has 1 saturated heterocycles. The lowest BCUT2D eigenvalue weighted by atomic mass is 9.85. The van der Waals surface area contributed by atoms with Gasteiger partial charge >= 0.3 is 5.97 Å². The third-order valence-electron chi connectivity index (χ3n) is 5.86. The van der Waals surface area contributed by atoms with Crippen LogP contribution in [0.25, 0.3) is 0 Å². The maximum atomic E-state index is 13.5. The smallest absolute Gasteiger partial charge is 0.335 e. The van der Waals surface area contributed by atoms with Crippen molar-refractivity contribution >= 4 is 23.5 Å². The summed E-state index contributed by atoms with van der Waals surface area (Å²) >= 11 is 0. The number of benzene rings is 1. The zero-order valence-electron chi connectivity index (χ0n) is 17.9. The fraction of sp³-hybridized carbons (Fsp3) is 0.522. The van der Waals surface area contributed by atoms with Crippen LogP contribution in [0.5, 0.6) is 0 Å². The molecule has 1 aromatic carbocycles. The minimum absolute atomic E-state index is 0.0892. The van der Waals surface area contributed by atoms with Gasteiger partial charge in [-0.3, -0.25) is 9.59 Å². The van der Waals surface area contributed by atoms with Gasteiger partial charge in [0.2, 0.25) is 11.8 Å². The predicted octanol–water partition coefficient (Wildman–Crippen LogP) is 2.89. The van der Waals surface area contributed by atoms with Crippen molar-refractivity contribution in [3.63, 3.8) is 0 Å². The van der Waals surface area contributed by atoms with Crippen LogP contribution in [-0.2, 0) is 9.59 Å². The summed E-state index contributed by atoms with van der Waals surface area (Å²) in [6, 6.07) is 5.46. The first kappa shape index (κ1) is 21.9. The fourth-order valence-corrected chi connectivity index (χ4v) is 3.91. The summed E-state index contributed by atoms with van der Waals surface area (Å²) in [7, 11) is 0. The molecule has 3 N–H and O–H groups in total. The Balaban J connectivity index is 1.73. The normalized spacial score (nSPS) is 24.1. The number of amides is 2. The molecule has 30 heavy (non-hydrogen) atoms. The van der Waals surface area contributed by atoms with Crippen LogP contribution in [0, 0.1) is 11.3 Å². The molecule has 3 rings (SSSR count). The van der Waals surface area contributed by atoms with Crippen molar-refractivity contribution < 1.29 is 19.5 Å². The number of nitrogens with one attached hydrogen (secondary N) is 2. The molecule has 0 radical (unpaired) electrons. The predicted molar refractivity (Wildman–Crippen MR) is 115 cm³/mol. The number of carboxylic acid groups (broad SMARTS) is 1. The van der Waals surface area contributed by atoms with Crippen molar-refractivity contribution in [1.82, 2.24) is 10.2 Å². The Morgan fingerprint density at radius 1 is 1.23 bits per heavy atom. The molecule has 0 spiro atoms. The Bertz CT molecular complexity index is 828. The first-order valence-corrected chi connectivity index (χ1v) is 10.4. The molecule has 2 aliphatic rings. The molecule has 1 aliphatic carbocycles. The zero-order chi connectivity index (χ0) is 22.1. The van der Waals surface area contributed by atoms with E-state index < -0.39 is 23.5 Å². The van der Waals surface area contributed by atoms with E-state index in [0.717, 1.165) is 12.8 Å². The van der Waals surface area contributed by atoms with Crippen LogP contribution in [0.3, 0.4) is 0 Å². The number of carboxylic acids is 1. The van der Waals surface area contributed by atoms with E-state index in [1.165, 1.54) is 12.1 Å². The number of rotatable bonds is 7. The van der Waals surface area contributed by atoms with Gasteiger partial charge in [-0.05, 0) is 54.9 Å². The summed E-state index contributed by atoms with van der Waals surface area (Å²) in [5.74, 6) is -0.866. The van der Waals surface area contributed by atoms with E-state index in [1.807, 2.05) is 26.8 Å². The van der Waals surface area contributed by atoms with Gasteiger partial charge in [-0.25, -0.2) is 4.79 Å². The lowest BCUT2D eigenvalue weighted by Gasteiger charge is -2.36. The van der Waals surface area contributed by atoms with Crippen molar-refractivity contribution in [1.29, 1.82) is 0 Å². The topological polar surface area (TPSA) is 98.7 Å². The first-order valence-electron chi connectivity index (χ1n) is 10.4. The van der Waals surface area contributed by atoms with E-state index in [4.69, 9.17) is 5.11 Å². The quantitative estimate of drug-likeness (QED) is 0.597. The summed E-state index contributed by atoms with van der Waals surface area (Å²) in [6.07, 6.45) is 4.23. The monoisotopic (exact) mass is 413 g/mol. The van der Waals surface area contributed by atoms with Gasteiger partial charge < -0.3 is 20.6 Å².